The summed E-state index contributed by atoms with van der Waals surface area (Å²) in [5, 5.41) is 9.21. The normalized spacial score (nSPS) is 11.2. The summed E-state index contributed by atoms with van der Waals surface area (Å²) in [5.41, 5.74) is 4.97. The van der Waals surface area contributed by atoms with Crippen molar-refractivity contribution >= 4 is 17.5 Å². The zero-order chi connectivity index (χ0) is 21.6. The van der Waals surface area contributed by atoms with Gasteiger partial charge in [0.1, 0.15) is 6.33 Å². The Morgan fingerprint density at radius 1 is 1.07 bits per heavy atom. The van der Waals surface area contributed by atoms with Crippen LogP contribution in [0.15, 0.2) is 73.3 Å². The fourth-order valence-corrected chi connectivity index (χ4v) is 2.92. The van der Waals surface area contributed by atoms with E-state index < -0.39 is 5.91 Å². The fourth-order valence-electron chi connectivity index (χ4n) is 2.79. The molecule has 7 heteroatoms. The van der Waals surface area contributed by atoms with Crippen molar-refractivity contribution in [3.05, 3.63) is 83.9 Å². The minimum Gasteiger partial charge on any atom is -0.378 e. The fraction of sp³-hybridized carbons (Fsp3) is 0.261. The minimum atomic E-state index is -0.426. The molecule has 0 spiro atoms. The second kappa shape index (κ2) is 13.4. The van der Waals surface area contributed by atoms with E-state index in [2.05, 4.69) is 9.97 Å². The van der Waals surface area contributed by atoms with E-state index in [-0.39, 0.29) is 12.5 Å². The van der Waals surface area contributed by atoms with Gasteiger partial charge in [0.05, 0.1) is 12.5 Å². The van der Waals surface area contributed by atoms with E-state index in [9.17, 15) is 4.79 Å². The van der Waals surface area contributed by atoms with Gasteiger partial charge in [-0.3, -0.25) is 10.0 Å². The number of nitrogens with one attached hydrogen (secondary N) is 1. The lowest BCUT2D eigenvalue weighted by atomic mass is 10.0. The smallest absolute Gasteiger partial charge is 0.245 e. The lowest BCUT2D eigenvalue weighted by Gasteiger charge is -2.15. The van der Waals surface area contributed by atoms with Gasteiger partial charge in [0.2, 0.25) is 5.91 Å². The number of benzene rings is 2. The molecule has 1 unspecified atom stereocenters. The lowest BCUT2D eigenvalue weighted by Crippen LogP contribution is -2.26. The predicted octanol–water partition coefficient (Wildman–Crippen LogP) is 4.72. The average Bonchev–Trinajstić information content (AvgIpc) is 2.80. The van der Waals surface area contributed by atoms with E-state index in [1.807, 2.05) is 73.9 Å². The maximum atomic E-state index is 11.1. The third kappa shape index (κ3) is 8.69. The van der Waals surface area contributed by atoms with Crippen LogP contribution in [-0.4, -0.2) is 33.8 Å². The van der Waals surface area contributed by atoms with Gasteiger partial charge in [0.15, 0.2) is 0 Å². The molecule has 0 aliphatic heterocycles. The first-order chi connectivity index (χ1) is 14.6. The van der Waals surface area contributed by atoms with Crippen LogP contribution >= 0.6 is 11.6 Å². The zero-order valence-corrected chi connectivity index (χ0v) is 17.6. The molecule has 1 atom stereocenters. The van der Waals surface area contributed by atoms with Crippen molar-refractivity contribution in [2.24, 2.45) is 0 Å². The zero-order valence-electron chi connectivity index (χ0n) is 16.9. The number of aryl methyl sites for hydroxylation is 1. The highest BCUT2D eigenvalue weighted by Gasteiger charge is 2.13. The molecular formula is C23H26ClN3O3. The number of carbonyl (C=O) groups excluding carboxylic acids is 1. The highest BCUT2D eigenvalue weighted by molar-refractivity contribution is 6.30. The molecule has 158 valence electrons. The highest BCUT2D eigenvalue weighted by Crippen LogP contribution is 2.15. The summed E-state index contributed by atoms with van der Waals surface area (Å²) >= 11 is 5.81. The third-order valence-corrected chi connectivity index (χ3v) is 4.53. The molecule has 0 aliphatic carbocycles. The first kappa shape index (κ1) is 23.5. The van der Waals surface area contributed by atoms with Gasteiger partial charge in [0, 0.05) is 29.6 Å². The Kier molecular flexibility index (Phi) is 10.5. The predicted molar refractivity (Wildman–Crippen MR) is 117 cm³/mol. The van der Waals surface area contributed by atoms with Crippen LogP contribution in [0.1, 0.15) is 25.3 Å². The molecule has 3 aromatic rings. The summed E-state index contributed by atoms with van der Waals surface area (Å²) in [4.78, 5) is 19.0. The van der Waals surface area contributed by atoms with Gasteiger partial charge in [-0.15, -0.1) is 0 Å². The Morgan fingerprint density at radius 3 is 2.33 bits per heavy atom. The summed E-state index contributed by atoms with van der Waals surface area (Å²) in [6.07, 6.45) is 6.66. The number of hydroxylamine groups is 1. The average molecular weight is 428 g/mol. The topological polar surface area (TPSA) is 84.3 Å². The first-order valence-corrected chi connectivity index (χ1v) is 10.1. The number of halogens is 1. The molecule has 0 radical (unpaired) electrons. The largest absolute Gasteiger partial charge is 0.378 e. The Balaban J connectivity index is 0.000000230. The quantitative estimate of drug-likeness (QED) is 0.401. The maximum absolute atomic E-state index is 11.1. The summed E-state index contributed by atoms with van der Waals surface area (Å²) in [5.74, 6) is -0.426. The molecule has 0 aliphatic rings. The van der Waals surface area contributed by atoms with Crippen LogP contribution in [0.2, 0.25) is 5.02 Å². The van der Waals surface area contributed by atoms with Gasteiger partial charge in [0.25, 0.3) is 0 Å². The molecule has 0 fully saturated rings. The first-order valence-electron chi connectivity index (χ1n) is 9.71. The van der Waals surface area contributed by atoms with Crippen LogP contribution in [-0.2, 0) is 16.0 Å². The Bertz CT molecular complexity index is 824. The maximum Gasteiger partial charge on any atom is 0.245 e. The third-order valence-electron chi connectivity index (χ3n) is 4.28. The molecule has 1 aromatic heterocycles. The molecule has 0 saturated heterocycles. The number of aromatic nitrogens is 2. The molecule has 1 amide bonds. The van der Waals surface area contributed by atoms with Crippen molar-refractivity contribution < 1.29 is 14.7 Å². The van der Waals surface area contributed by atoms with Crippen LogP contribution in [0.3, 0.4) is 0 Å². The van der Waals surface area contributed by atoms with Gasteiger partial charge >= 0.3 is 0 Å². The van der Waals surface area contributed by atoms with Gasteiger partial charge in [-0.05, 0) is 43.0 Å². The van der Waals surface area contributed by atoms with Crippen LogP contribution in [0.4, 0.5) is 0 Å². The van der Waals surface area contributed by atoms with Crippen molar-refractivity contribution in [2.45, 2.75) is 32.3 Å². The van der Waals surface area contributed by atoms with E-state index >= 15 is 0 Å². The monoisotopic (exact) mass is 427 g/mol. The van der Waals surface area contributed by atoms with E-state index in [0.717, 1.165) is 29.5 Å². The Hall–Kier alpha value is -2.80. The number of carbonyl (C=O) groups is 1. The number of ether oxygens (including phenoxy) is 1. The van der Waals surface area contributed by atoms with Crippen LogP contribution < -0.4 is 5.48 Å². The molecule has 2 N–H and O–H groups in total. The standard InChI is InChI=1S/C13H18ClNO3.C10H8N2/c1-2-18-12(9-13(16)15-17)8-5-10-3-6-11(14)7-4-10;1-2-4-9(5-3-1)10-6-11-8-12-7-10/h3-4,6-7,12,17H,2,5,8-9H2,1H3,(H,15,16);1-8H. The molecule has 6 nitrogen and oxygen atoms in total. The van der Waals surface area contributed by atoms with Crippen molar-refractivity contribution in [3.8, 4) is 11.1 Å². The molecule has 0 saturated carbocycles. The van der Waals surface area contributed by atoms with Crippen molar-refractivity contribution in [3.63, 3.8) is 0 Å². The van der Waals surface area contributed by atoms with Gasteiger partial charge < -0.3 is 4.74 Å². The van der Waals surface area contributed by atoms with Crippen LogP contribution in [0, 0.1) is 0 Å². The molecule has 2 aromatic carbocycles. The number of rotatable bonds is 8. The highest BCUT2D eigenvalue weighted by atomic mass is 35.5. The number of hydrogen-bond acceptors (Lipinski definition) is 5. The van der Waals surface area contributed by atoms with Crippen molar-refractivity contribution in [1.29, 1.82) is 0 Å². The number of nitrogens with zero attached hydrogens (tertiary/aromatic N) is 2. The Morgan fingerprint density at radius 2 is 1.73 bits per heavy atom. The lowest BCUT2D eigenvalue weighted by molar-refractivity contribution is -0.132. The summed E-state index contributed by atoms with van der Waals surface area (Å²) in [6, 6.07) is 17.7. The second-order valence-electron chi connectivity index (χ2n) is 6.47. The summed E-state index contributed by atoms with van der Waals surface area (Å²) in [6.45, 7) is 2.43. The van der Waals surface area contributed by atoms with Crippen LogP contribution in [0.25, 0.3) is 11.1 Å². The minimum absolute atomic E-state index is 0.165. The SMILES string of the molecule is CCOC(CCc1ccc(Cl)cc1)CC(=O)NO.c1ccc(-c2cncnc2)cc1. The number of hydrogen-bond donors (Lipinski definition) is 2. The van der Waals surface area contributed by atoms with Gasteiger partial charge in [-0.2, -0.15) is 0 Å². The molecule has 0 bridgehead atoms. The van der Waals surface area contributed by atoms with E-state index in [1.54, 1.807) is 5.48 Å². The molecule has 1 heterocycles. The van der Waals surface area contributed by atoms with Crippen molar-refractivity contribution in [2.75, 3.05) is 6.61 Å². The van der Waals surface area contributed by atoms with Gasteiger partial charge in [-0.1, -0.05) is 54.1 Å². The van der Waals surface area contributed by atoms with Gasteiger partial charge in [-0.25, -0.2) is 15.4 Å². The second-order valence-corrected chi connectivity index (χ2v) is 6.91. The number of amides is 1. The summed E-state index contributed by atoms with van der Waals surface area (Å²) in [7, 11) is 0. The van der Waals surface area contributed by atoms with E-state index in [0.29, 0.717) is 11.6 Å². The molecule has 3 rings (SSSR count). The summed E-state index contributed by atoms with van der Waals surface area (Å²) < 4.78 is 5.46. The molecular weight excluding hydrogens is 402 g/mol. The Labute approximate surface area is 181 Å². The van der Waals surface area contributed by atoms with Crippen LogP contribution in [0.5, 0.6) is 0 Å². The molecule has 30 heavy (non-hydrogen) atoms. The van der Waals surface area contributed by atoms with E-state index in [4.69, 9.17) is 21.5 Å². The van der Waals surface area contributed by atoms with Crippen molar-refractivity contribution in [1.82, 2.24) is 15.4 Å². The van der Waals surface area contributed by atoms with E-state index in [1.165, 1.54) is 6.33 Å².